The first-order valence-electron chi connectivity index (χ1n) is 6.44. The summed E-state index contributed by atoms with van der Waals surface area (Å²) >= 11 is 0. The fourth-order valence-electron chi connectivity index (χ4n) is 2.48. The number of amides is 1. The van der Waals surface area contributed by atoms with Crippen molar-refractivity contribution in [1.82, 2.24) is 10.2 Å². The lowest BCUT2D eigenvalue weighted by atomic mass is 10.0. The van der Waals surface area contributed by atoms with Crippen LogP contribution in [-0.4, -0.2) is 41.5 Å². The Morgan fingerprint density at radius 3 is 2.74 bits per heavy atom. The van der Waals surface area contributed by atoms with Gasteiger partial charge in [-0.3, -0.25) is 14.5 Å². The van der Waals surface area contributed by atoms with Crippen LogP contribution in [0.5, 0.6) is 0 Å². The van der Waals surface area contributed by atoms with Gasteiger partial charge in [0.05, 0.1) is 6.54 Å². The number of hydrogen-bond donors (Lipinski definition) is 2. The number of rotatable bonds is 5. The highest BCUT2D eigenvalue weighted by atomic mass is 16.4. The highest BCUT2D eigenvalue weighted by molar-refractivity contribution is 5.82. The third kappa shape index (κ3) is 3.79. The standard InChI is InChI=1S/C14H18N2O3/c17-13(15-9-14(18)19)10-16-8-4-7-12(16)11-5-2-1-3-6-11/h1-3,5-6,12H,4,7-10H2,(H,15,17)(H,18,19). The first-order valence-corrected chi connectivity index (χ1v) is 6.44. The van der Waals surface area contributed by atoms with Crippen molar-refractivity contribution in [3.8, 4) is 0 Å². The SMILES string of the molecule is O=C(O)CNC(=O)CN1CCCC1c1ccccc1. The fraction of sp³-hybridized carbons (Fsp3) is 0.429. The van der Waals surface area contributed by atoms with E-state index in [0.29, 0.717) is 0 Å². The van der Waals surface area contributed by atoms with Crippen LogP contribution in [0.15, 0.2) is 30.3 Å². The maximum absolute atomic E-state index is 11.7. The van der Waals surface area contributed by atoms with Crippen LogP contribution in [0, 0.1) is 0 Å². The molecule has 1 aliphatic rings. The smallest absolute Gasteiger partial charge is 0.322 e. The molecule has 1 amide bonds. The Bertz CT molecular complexity index is 447. The molecule has 0 aromatic heterocycles. The van der Waals surface area contributed by atoms with Gasteiger partial charge in [0, 0.05) is 6.04 Å². The molecule has 0 radical (unpaired) electrons. The topological polar surface area (TPSA) is 69.6 Å². The zero-order valence-electron chi connectivity index (χ0n) is 10.7. The van der Waals surface area contributed by atoms with Crippen LogP contribution in [0.25, 0.3) is 0 Å². The molecule has 1 aliphatic heterocycles. The van der Waals surface area contributed by atoms with E-state index in [-0.39, 0.29) is 25.0 Å². The highest BCUT2D eigenvalue weighted by Crippen LogP contribution is 2.31. The van der Waals surface area contributed by atoms with Gasteiger partial charge in [-0.25, -0.2) is 0 Å². The van der Waals surface area contributed by atoms with Gasteiger partial charge in [-0.2, -0.15) is 0 Å². The van der Waals surface area contributed by atoms with E-state index in [9.17, 15) is 9.59 Å². The fourth-order valence-corrected chi connectivity index (χ4v) is 2.48. The lowest BCUT2D eigenvalue weighted by Crippen LogP contribution is -2.39. The third-order valence-corrected chi connectivity index (χ3v) is 3.33. The van der Waals surface area contributed by atoms with E-state index in [4.69, 9.17) is 5.11 Å². The molecule has 1 aromatic carbocycles. The van der Waals surface area contributed by atoms with Crippen LogP contribution >= 0.6 is 0 Å². The number of aliphatic carboxylic acids is 1. The molecular formula is C14H18N2O3. The van der Waals surface area contributed by atoms with Crippen LogP contribution in [0.2, 0.25) is 0 Å². The van der Waals surface area contributed by atoms with Crippen molar-refractivity contribution in [2.45, 2.75) is 18.9 Å². The van der Waals surface area contributed by atoms with Gasteiger partial charge in [-0.05, 0) is 24.9 Å². The number of nitrogens with zero attached hydrogens (tertiary/aromatic N) is 1. The maximum atomic E-state index is 11.7. The van der Waals surface area contributed by atoms with Gasteiger partial charge in [0.1, 0.15) is 6.54 Å². The van der Waals surface area contributed by atoms with Gasteiger partial charge < -0.3 is 10.4 Å². The summed E-state index contributed by atoms with van der Waals surface area (Å²) in [5, 5.41) is 10.9. The second-order valence-corrected chi connectivity index (χ2v) is 4.71. The lowest BCUT2D eigenvalue weighted by molar-refractivity contribution is -0.138. The lowest BCUT2D eigenvalue weighted by Gasteiger charge is -2.24. The van der Waals surface area contributed by atoms with Crippen LogP contribution in [0.3, 0.4) is 0 Å². The molecule has 5 heteroatoms. The Kier molecular flexibility index (Phi) is 4.52. The van der Waals surface area contributed by atoms with E-state index < -0.39 is 5.97 Å². The number of hydrogen-bond acceptors (Lipinski definition) is 3. The van der Waals surface area contributed by atoms with Gasteiger partial charge in [0.25, 0.3) is 0 Å². The van der Waals surface area contributed by atoms with Crippen molar-refractivity contribution < 1.29 is 14.7 Å². The molecule has 1 saturated heterocycles. The molecule has 19 heavy (non-hydrogen) atoms. The summed E-state index contributed by atoms with van der Waals surface area (Å²) in [4.78, 5) is 24.2. The van der Waals surface area contributed by atoms with E-state index in [1.165, 1.54) is 5.56 Å². The van der Waals surface area contributed by atoms with Gasteiger partial charge in [0.15, 0.2) is 0 Å². The van der Waals surface area contributed by atoms with Gasteiger partial charge in [-0.15, -0.1) is 0 Å². The van der Waals surface area contributed by atoms with Crippen LogP contribution < -0.4 is 5.32 Å². The van der Waals surface area contributed by atoms with E-state index in [1.54, 1.807) is 0 Å². The molecule has 0 spiro atoms. The van der Waals surface area contributed by atoms with Crippen molar-refractivity contribution >= 4 is 11.9 Å². The van der Waals surface area contributed by atoms with E-state index in [0.717, 1.165) is 19.4 Å². The first kappa shape index (κ1) is 13.5. The maximum Gasteiger partial charge on any atom is 0.322 e. The number of carbonyl (C=O) groups excluding carboxylic acids is 1. The number of likely N-dealkylation sites (tertiary alicyclic amines) is 1. The van der Waals surface area contributed by atoms with Crippen LogP contribution in [0.4, 0.5) is 0 Å². The quantitative estimate of drug-likeness (QED) is 0.831. The Hall–Kier alpha value is -1.88. The molecule has 1 unspecified atom stereocenters. The predicted octanol–water partition coefficient (Wildman–Crippen LogP) is 1.02. The minimum Gasteiger partial charge on any atom is -0.480 e. The summed E-state index contributed by atoms with van der Waals surface area (Å²) in [6.45, 7) is 0.815. The monoisotopic (exact) mass is 262 g/mol. The molecule has 2 N–H and O–H groups in total. The highest BCUT2D eigenvalue weighted by Gasteiger charge is 2.27. The number of carbonyl (C=O) groups is 2. The van der Waals surface area contributed by atoms with Crippen LogP contribution in [0.1, 0.15) is 24.4 Å². The molecule has 5 nitrogen and oxygen atoms in total. The summed E-state index contributed by atoms with van der Waals surface area (Å²) in [6, 6.07) is 10.4. The molecule has 1 heterocycles. The van der Waals surface area contributed by atoms with E-state index >= 15 is 0 Å². The molecule has 0 aliphatic carbocycles. The molecule has 102 valence electrons. The van der Waals surface area contributed by atoms with Gasteiger partial charge in [-0.1, -0.05) is 30.3 Å². The minimum absolute atomic E-state index is 0.231. The zero-order valence-corrected chi connectivity index (χ0v) is 10.7. The molecular weight excluding hydrogens is 244 g/mol. The Morgan fingerprint density at radius 2 is 2.05 bits per heavy atom. The second-order valence-electron chi connectivity index (χ2n) is 4.71. The second kappa shape index (κ2) is 6.33. The molecule has 1 fully saturated rings. The van der Waals surface area contributed by atoms with Gasteiger partial charge >= 0.3 is 5.97 Å². The Balaban J connectivity index is 1.92. The minimum atomic E-state index is -1.02. The zero-order chi connectivity index (χ0) is 13.7. The summed E-state index contributed by atoms with van der Waals surface area (Å²) in [6.07, 6.45) is 2.10. The summed E-state index contributed by atoms with van der Waals surface area (Å²) in [7, 11) is 0. The number of nitrogens with one attached hydrogen (secondary N) is 1. The van der Waals surface area contributed by atoms with Crippen molar-refractivity contribution in [1.29, 1.82) is 0 Å². The Morgan fingerprint density at radius 1 is 1.32 bits per heavy atom. The predicted molar refractivity (Wildman–Crippen MR) is 70.6 cm³/mol. The first-order chi connectivity index (χ1) is 9.16. The average molecular weight is 262 g/mol. The van der Waals surface area contributed by atoms with Gasteiger partial charge in [0.2, 0.25) is 5.91 Å². The average Bonchev–Trinajstić information content (AvgIpc) is 2.85. The summed E-state index contributed by atoms with van der Waals surface area (Å²) < 4.78 is 0. The molecule has 1 aromatic rings. The number of carboxylic acid groups (broad SMARTS) is 1. The van der Waals surface area contributed by atoms with E-state index in [2.05, 4.69) is 22.3 Å². The largest absolute Gasteiger partial charge is 0.480 e. The summed E-state index contributed by atoms with van der Waals surface area (Å²) in [5.74, 6) is -1.25. The normalized spacial score (nSPS) is 19.3. The third-order valence-electron chi connectivity index (χ3n) is 3.33. The molecule has 2 rings (SSSR count). The molecule has 0 saturated carbocycles. The van der Waals surface area contributed by atoms with Crippen LogP contribution in [-0.2, 0) is 9.59 Å². The number of carboxylic acids is 1. The molecule has 0 bridgehead atoms. The van der Waals surface area contributed by atoms with E-state index in [1.807, 2.05) is 18.2 Å². The van der Waals surface area contributed by atoms with Crippen molar-refractivity contribution in [3.05, 3.63) is 35.9 Å². The van der Waals surface area contributed by atoms with Crippen molar-refractivity contribution in [2.75, 3.05) is 19.6 Å². The van der Waals surface area contributed by atoms with Crippen molar-refractivity contribution in [3.63, 3.8) is 0 Å². The Labute approximate surface area is 112 Å². The number of benzene rings is 1. The molecule has 1 atom stereocenters. The van der Waals surface area contributed by atoms with Crippen molar-refractivity contribution in [2.24, 2.45) is 0 Å². The summed E-state index contributed by atoms with van der Waals surface area (Å²) in [5.41, 5.74) is 1.21.